The van der Waals surface area contributed by atoms with E-state index in [1.165, 1.54) is 21.3 Å². The Morgan fingerprint density at radius 1 is 0.721 bits per heavy atom. The number of hydrogen-bond donors (Lipinski definition) is 0. The largest absolute Gasteiger partial charge is 0.416 e. The third-order valence-electron chi connectivity index (χ3n) is 7.54. The van der Waals surface area contributed by atoms with Gasteiger partial charge in [-0.1, -0.05) is 84.6 Å². The molecule has 0 saturated carbocycles. The first-order valence-corrected chi connectivity index (χ1v) is 14.9. The van der Waals surface area contributed by atoms with Crippen LogP contribution in [0.5, 0.6) is 0 Å². The molecule has 10 heteroatoms. The monoisotopic (exact) mass is 587 g/mol. The van der Waals surface area contributed by atoms with Crippen molar-refractivity contribution in [2.45, 2.75) is 24.6 Å². The highest BCUT2D eigenvalue weighted by molar-refractivity contribution is 7.99. The zero-order valence-electron chi connectivity index (χ0n) is 23.0. The highest BCUT2D eigenvalue weighted by Gasteiger charge is 2.32. The van der Waals surface area contributed by atoms with Crippen LogP contribution >= 0.6 is 11.8 Å². The Morgan fingerprint density at radius 2 is 1.42 bits per heavy atom. The zero-order chi connectivity index (χ0) is 29.3. The van der Waals surface area contributed by atoms with Gasteiger partial charge in [0, 0.05) is 47.0 Å². The van der Waals surface area contributed by atoms with Crippen LogP contribution in [0.3, 0.4) is 0 Å². The highest BCUT2D eigenvalue weighted by atomic mass is 32.2. The average molecular weight is 588 g/mol. The summed E-state index contributed by atoms with van der Waals surface area (Å²) in [7, 11) is 0. The molecule has 7 rings (SSSR count). The molecule has 1 aliphatic rings. The van der Waals surface area contributed by atoms with E-state index in [4.69, 9.17) is 9.52 Å². The van der Waals surface area contributed by atoms with Crippen LogP contribution in [0.1, 0.15) is 37.9 Å². The number of aryl methyl sites for hydroxylation is 2. The molecule has 0 N–H and O–H groups in total. The quantitative estimate of drug-likeness (QED) is 0.169. The summed E-state index contributed by atoms with van der Waals surface area (Å²) in [4.78, 5) is 40.7. The van der Waals surface area contributed by atoms with Crippen molar-refractivity contribution in [1.82, 2.24) is 24.9 Å². The lowest BCUT2D eigenvalue weighted by molar-refractivity contribution is 0.0621. The molecule has 3 heterocycles. The second kappa shape index (κ2) is 11.3. The molecular weight excluding hydrogens is 562 g/mol. The number of amides is 2. The van der Waals surface area contributed by atoms with Gasteiger partial charge >= 0.3 is 0 Å². The molecule has 43 heavy (non-hydrogen) atoms. The van der Waals surface area contributed by atoms with Crippen LogP contribution in [0.25, 0.3) is 21.5 Å². The van der Waals surface area contributed by atoms with Crippen molar-refractivity contribution in [2.75, 3.05) is 12.3 Å². The Kier molecular flexibility index (Phi) is 7.04. The minimum atomic E-state index is -0.305. The van der Waals surface area contributed by atoms with Crippen LogP contribution in [0.4, 0.5) is 0 Å². The van der Waals surface area contributed by atoms with Crippen LogP contribution in [-0.2, 0) is 19.4 Å². The van der Waals surface area contributed by atoms with Crippen molar-refractivity contribution in [3.8, 4) is 0 Å². The number of hydrogen-bond acceptors (Lipinski definition) is 8. The van der Waals surface area contributed by atoms with Crippen molar-refractivity contribution in [3.05, 3.63) is 130 Å². The number of benzene rings is 4. The predicted molar refractivity (Wildman–Crippen MR) is 163 cm³/mol. The van der Waals surface area contributed by atoms with Crippen LogP contribution < -0.4 is 5.56 Å². The summed E-state index contributed by atoms with van der Waals surface area (Å²) in [5.74, 6) is 0.160. The molecule has 9 nitrogen and oxygen atoms in total. The molecule has 4 aromatic carbocycles. The van der Waals surface area contributed by atoms with E-state index >= 15 is 0 Å². The summed E-state index contributed by atoms with van der Waals surface area (Å²) in [5.41, 5.74) is 2.82. The number of aromatic nitrogens is 4. The van der Waals surface area contributed by atoms with Crippen LogP contribution in [0.2, 0.25) is 0 Å². The van der Waals surface area contributed by atoms with Gasteiger partial charge in [-0.2, -0.15) is 5.10 Å². The molecule has 6 aromatic rings. The van der Waals surface area contributed by atoms with E-state index in [9.17, 15) is 14.4 Å². The van der Waals surface area contributed by atoms with Gasteiger partial charge in [-0.3, -0.25) is 19.3 Å². The lowest BCUT2D eigenvalue weighted by Crippen LogP contribution is -2.41. The maximum atomic E-state index is 13.2. The zero-order valence-corrected chi connectivity index (χ0v) is 23.8. The van der Waals surface area contributed by atoms with E-state index in [1.807, 2.05) is 78.9 Å². The normalized spacial score (nSPS) is 12.9. The van der Waals surface area contributed by atoms with Gasteiger partial charge in [0.1, 0.15) is 0 Å². The summed E-state index contributed by atoms with van der Waals surface area (Å²) >= 11 is 1.27. The first kappa shape index (κ1) is 26.8. The summed E-state index contributed by atoms with van der Waals surface area (Å²) in [6, 6.07) is 28.5. The summed E-state index contributed by atoms with van der Waals surface area (Å²) in [6.45, 7) is 0.477. The van der Waals surface area contributed by atoms with Gasteiger partial charge in [0.2, 0.25) is 5.89 Å². The second-order valence-corrected chi connectivity index (χ2v) is 11.3. The van der Waals surface area contributed by atoms with Gasteiger partial charge in [-0.05, 0) is 29.1 Å². The standard InChI is InChI=1S/C33H25N5O4S/c39-30-25-14-6-10-22-11-7-15-26(29(22)25)31(40)37(30)18-19-43-33-35-34-28(42-33)16-17-38-32(41)24-13-5-4-12-23(24)27(36-38)20-21-8-2-1-3-9-21/h1-15H,16-20H2. The van der Waals surface area contributed by atoms with E-state index in [0.717, 1.165) is 22.0 Å². The number of imide groups is 1. The minimum absolute atomic E-state index is 0.172. The second-order valence-electron chi connectivity index (χ2n) is 10.2. The molecule has 0 bridgehead atoms. The lowest BCUT2D eigenvalue weighted by Gasteiger charge is -2.26. The molecule has 0 spiro atoms. The highest BCUT2D eigenvalue weighted by Crippen LogP contribution is 2.30. The number of carbonyl (C=O) groups excluding carboxylic acids is 2. The topological polar surface area (TPSA) is 111 Å². The number of fused-ring (bicyclic) bond motifs is 1. The van der Waals surface area contributed by atoms with Gasteiger partial charge in [0.25, 0.3) is 22.6 Å². The predicted octanol–water partition coefficient (Wildman–Crippen LogP) is 5.15. The number of rotatable bonds is 9. The fourth-order valence-electron chi connectivity index (χ4n) is 5.48. The number of thioether (sulfide) groups is 1. The fraction of sp³-hybridized carbons (Fsp3) is 0.152. The van der Waals surface area contributed by atoms with Gasteiger partial charge in [-0.15, -0.1) is 10.2 Å². The molecular formula is C33H25N5O4S. The third kappa shape index (κ3) is 5.10. The molecule has 2 aromatic heterocycles. The summed E-state index contributed by atoms with van der Waals surface area (Å²) < 4.78 is 7.28. The first-order chi connectivity index (χ1) is 21.1. The van der Waals surface area contributed by atoms with Crippen LogP contribution in [0, 0.1) is 0 Å². The SMILES string of the molecule is O=C1c2cccc3cccc(c23)C(=O)N1CCSc1nnc(CCn2nc(Cc3ccccc3)c3ccccc3c2=O)o1. The third-order valence-corrected chi connectivity index (χ3v) is 8.34. The molecule has 0 aliphatic carbocycles. The molecule has 212 valence electrons. The van der Waals surface area contributed by atoms with E-state index in [2.05, 4.69) is 10.2 Å². The van der Waals surface area contributed by atoms with Crippen molar-refractivity contribution in [2.24, 2.45) is 0 Å². The van der Waals surface area contributed by atoms with Crippen molar-refractivity contribution in [3.63, 3.8) is 0 Å². The molecule has 0 radical (unpaired) electrons. The van der Waals surface area contributed by atoms with E-state index in [0.29, 0.717) is 51.6 Å². The Morgan fingerprint density at radius 3 is 2.16 bits per heavy atom. The Hall–Kier alpha value is -5.09. The average Bonchev–Trinajstić information content (AvgIpc) is 3.50. The van der Waals surface area contributed by atoms with Crippen LogP contribution in [-0.4, -0.2) is 49.0 Å². The Bertz CT molecular complexity index is 2020. The maximum absolute atomic E-state index is 13.2. The summed E-state index contributed by atoms with van der Waals surface area (Å²) in [5, 5.41) is 16.3. The summed E-state index contributed by atoms with van der Waals surface area (Å²) in [6.07, 6.45) is 0.930. The molecule has 0 saturated heterocycles. The fourth-order valence-corrected chi connectivity index (χ4v) is 6.19. The van der Waals surface area contributed by atoms with E-state index in [1.54, 1.807) is 12.1 Å². The molecule has 0 fully saturated rings. The van der Waals surface area contributed by atoms with Gasteiger partial charge in [0.05, 0.1) is 17.6 Å². The van der Waals surface area contributed by atoms with Crippen molar-refractivity contribution >= 4 is 45.1 Å². The molecule has 1 aliphatic heterocycles. The minimum Gasteiger partial charge on any atom is -0.416 e. The van der Waals surface area contributed by atoms with E-state index < -0.39 is 0 Å². The van der Waals surface area contributed by atoms with Gasteiger partial charge in [-0.25, -0.2) is 4.68 Å². The molecule has 0 unspecified atom stereocenters. The Labute approximate surface area is 250 Å². The maximum Gasteiger partial charge on any atom is 0.276 e. The van der Waals surface area contributed by atoms with Crippen molar-refractivity contribution in [1.29, 1.82) is 0 Å². The van der Waals surface area contributed by atoms with Gasteiger partial charge < -0.3 is 4.42 Å². The van der Waals surface area contributed by atoms with Crippen LogP contribution in [0.15, 0.2) is 105 Å². The smallest absolute Gasteiger partial charge is 0.276 e. The Balaban J connectivity index is 1.02. The number of carbonyl (C=O) groups is 2. The molecule has 0 atom stereocenters. The lowest BCUT2D eigenvalue weighted by atomic mass is 9.94. The van der Waals surface area contributed by atoms with Gasteiger partial charge in [0.15, 0.2) is 0 Å². The van der Waals surface area contributed by atoms with Crippen molar-refractivity contribution < 1.29 is 14.0 Å². The number of nitrogens with zero attached hydrogens (tertiary/aromatic N) is 5. The molecule has 2 amide bonds. The first-order valence-electron chi connectivity index (χ1n) is 13.9. The van der Waals surface area contributed by atoms with E-state index in [-0.39, 0.29) is 30.5 Å².